The maximum absolute atomic E-state index is 12.6. The third kappa shape index (κ3) is 3.40. The molecule has 2 N–H and O–H groups in total. The summed E-state index contributed by atoms with van der Waals surface area (Å²) in [5.74, 6) is 0.278. The van der Waals surface area contributed by atoms with Gasteiger partial charge in [-0.15, -0.1) is 0 Å². The van der Waals surface area contributed by atoms with E-state index in [0.29, 0.717) is 6.54 Å². The molecule has 1 atom stereocenters. The Balaban J connectivity index is 2.14. The summed E-state index contributed by atoms with van der Waals surface area (Å²) in [6, 6.07) is 6.85. The molecule has 1 aromatic rings. The number of carbonyl (C=O) groups excluding carboxylic acids is 2. The highest BCUT2D eigenvalue weighted by molar-refractivity contribution is 5.88. The van der Waals surface area contributed by atoms with E-state index in [1.54, 1.807) is 12.0 Å². The molecule has 0 bridgehead atoms. The van der Waals surface area contributed by atoms with Crippen LogP contribution in [-0.2, 0) is 16.0 Å². The molecule has 22 heavy (non-hydrogen) atoms. The normalized spacial score (nSPS) is 20.5. The summed E-state index contributed by atoms with van der Waals surface area (Å²) in [7, 11) is 1.60. The lowest BCUT2D eigenvalue weighted by Crippen LogP contribution is -2.58. The average molecular weight is 304 g/mol. The number of benzene rings is 1. The predicted octanol–water partition coefficient (Wildman–Crippen LogP) is 1.74. The average Bonchev–Trinajstić information content (AvgIpc) is 2.46. The second-order valence-corrected chi connectivity index (χ2v) is 6.51. The SMILES string of the molecule is COc1ccc(CC(=O)N2CCCC(C)(C)C2C(N)=O)cc1. The molecule has 2 amide bonds. The van der Waals surface area contributed by atoms with E-state index in [-0.39, 0.29) is 17.7 Å². The summed E-state index contributed by atoms with van der Waals surface area (Å²) in [5.41, 5.74) is 6.18. The van der Waals surface area contributed by atoms with Crippen LogP contribution >= 0.6 is 0 Å². The van der Waals surface area contributed by atoms with Crippen LogP contribution in [0.3, 0.4) is 0 Å². The first-order valence-electron chi connectivity index (χ1n) is 7.57. The van der Waals surface area contributed by atoms with Crippen molar-refractivity contribution in [3.05, 3.63) is 29.8 Å². The number of ether oxygens (including phenoxy) is 1. The third-order valence-electron chi connectivity index (χ3n) is 4.38. The molecule has 5 heteroatoms. The molecule has 0 spiro atoms. The van der Waals surface area contributed by atoms with Gasteiger partial charge in [0.05, 0.1) is 13.5 Å². The zero-order valence-corrected chi connectivity index (χ0v) is 13.5. The Labute approximate surface area is 131 Å². The largest absolute Gasteiger partial charge is 0.497 e. The Morgan fingerprint density at radius 1 is 1.32 bits per heavy atom. The van der Waals surface area contributed by atoms with Crippen LogP contribution in [0.2, 0.25) is 0 Å². The number of nitrogens with zero attached hydrogens (tertiary/aromatic N) is 1. The Hall–Kier alpha value is -2.04. The van der Waals surface area contributed by atoms with Crippen LogP contribution in [-0.4, -0.2) is 36.4 Å². The summed E-state index contributed by atoms with van der Waals surface area (Å²) in [6.07, 6.45) is 2.06. The molecule has 1 aliphatic heterocycles. The summed E-state index contributed by atoms with van der Waals surface area (Å²) >= 11 is 0. The molecule has 0 radical (unpaired) electrons. The van der Waals surface area contributed by atoms with Gasteiger partial charge in [0.2, 0.25) is 11.8 Å². The van der Waals surface area contributed by atoms with Crippen molar-refractivity contribution in [2.45, 2.75) is 39.2 Å². The Kier molecular flexibility index (Phi) is 4.74. The van der Waals surface area contributed by atoms with Crippen LogP contribution in [0.1, 0.15) is 32.3 Å². The van der Waals surface area contributed by atoms with E-state index in [4.69, 9.17) is 10.5 Å². The van der Waals surface area contributed by atoms with Gasteiger partial charge < -0.3 is 15.4 Å². The molecule has 0 aliphatic carbocycles. The van der Waals surface area contributed by atoms with Crippen LogP contribution < -0.4 is 10.5 Å². The van der Waals surface area contributed by atoms with Crippen molar-refractivity contribution in [3.8, 4) is 5.75 Å². The fourth-order valence-corrected chi connectivity index (χ4v) is 3.22. The number of hydrogen-bond donors (Lipinski definition) is 1. The molecule has 1 aliphatic rings. The summed E-state index contributed by atoms with van der Waals surface area (Å²) in [5, 5.41) is 0. The minimum Gasteiger partial charge on any atom is -0.497 e. The lowest BCUT2D eigenvalue weighted by Gasteiger charge is -2.44. The van der Waals surface area contributed by atoms with Gasteiger partial charge in [0.15, 0.2) is 0 Å². The number of piperidine rings is 1. The monoisotopic (exact) mass is 304 g/mol. The van der Waals surface area contributed by atoms with Crippen molar-refractivity contribution in [2.75, 3.05) is 13.7 Å². The van der Waals surface area contributed by atoms with Crippen molar-refractivity contribution in [3.63, 3.8) is 0 Å². The molecule has 1 heterocycles. The number of amides is 2. The molecule has 0 saturated carbocycles. The van der Waals surface area contributed by atoms with Gasteiger partial charge in [-0.3, -0.25) is 9.59 Å². The Morgan fingerprint density at radius 3 is 2.50 bits per heavy atom. The van der Waals surface area contributed by atoms with Crippen molar-refractivity contribution < 1.29 is 14.3 Å². The van der Waals surface area contributed by atoms with Gasteiger partial charge in [0.1, 0.15) is 11.8 Å². The van der Waals surface area contributed by atoms with Crippen LogP contribution in [0.4, 0.5) is 0 Å². The van der Waals surface area contributed by atoms with E-state index >= 15 is 0 Å². The van der Waals surface area contributed by atoms with Crippen LogP contribution in [0.25, 0.3) is 0 Å². The topological polar surface area (TPSA) is 72.6 Å². The number of likely N-dealkylation sites (tertiary alicyclic amines) is 1. The maximum Gasteiger partial charge on any atom is 0.240 e. The van der Waals surface area contributed by atoms with Crippen molar-refractivity contribution in [2.24, 2.45) is 11.1 Å². The number of primary amides is 1. The lowest BCUT2D eigenvalue weighted by atomic mass is 9.76. The van der Waals surface area contributed by atoms with Gasteiger partial charge in [-0.2, -0.15) is 0 Å². The minimum absolute atomic E-state index is 0.0539. The quantitative estimate of drug-likeness (QED) is 0.921. The van der Waals surface area contributed by atoms with Crippen molar-refractivity contribution in [1.29, 1.82) is 0 Å². The fraction of sp³-hybridized carbons (Fsp3) is 0.529. The number of carbonyl (C=O) groups is 2. The molecular formula is C17H24N2O3. The molecule has 5 nitrogen and oxygen atoms in total. The molecule has 1 fully saturated rings. The van der Waals surface area contributed by atoms with Gasteiger partial charge in [0, 0.05) is 6.54 Å². The smallest absolute Gasteiger partial charge is 0.240 e. The highest BCUT2D eigenvalue weighted by Gasteiger charge is 2.43. The summed E-state index contributed by atoms with van der Waals surface area (Å²) in [4.78, 5) is 26.1. The second kappa shape index (κ2) is 6.38. The highest BCUT2D eigenvalue weighted by atomic mass is 16.5. The zero-order valence-electron chi connectivity index (χ0n) is 13.5. The van der Waals surface area contributed by atoms with Crippen molar-refractivity contribution >= 4 is 11.8 Å². The molecule has 1 unspecified atom stereocenters. The fourth-order valence-electron chi connectivity index (χ4n) is 3.22. The van der Waals surface area contributed by atoms with Gasteiger partial charge >= 0.3 is 0 Å². The Bertz CT molecular complexity index is 552. The predicted molar refractivity (Wildman–Crippen MR) is 84.4 cm³/mol. The minimum atomic E-state index is -0.535. The van der Waals surface area contributed by atoms with E-state index in [1.165, 1.54) is 0 Å². The summed E-state index contributed by atoms with van der Waals surface area (Å²) < 4.78 is 5.11. The van der Waals surface area contributed by atoms with E-state index in [0.717, 1.165) is 24.2 Å². The molecule has 0 aromatic heterocycles. The van der Waals surface area contributed by atoms with E-state index < -0.39 is 11.9 Å². The standard InChI is InChI=1S/C17H24N2O3/c1-17(2)9-4-10-19(15(17)16(18)21)14(20)11-12-5-7-13(22-3)8-6-12/h5-8,15H,4,9-11H2,1-3H3,(H2,18,21). The third-order valence-corrected chi connectivity index (χ3v) is 4.38. The van der Waals surface area contributed by atoms with Crippen LogP contribution in [0, 0.1) is 5.41 Å². The number of rotatable bonds is 4. The Morgan fingerprint density at radius 2 is 1.95 bits per heavy atom. The van der Waals surface area contributed by atoms with Gasteiger partial charge in [-0.25, -0.2) is 0 Å². The lowest BCUT2D eigenvalue weighted by molar-refractivity contribution is -0.146. The first-order valence-corrected chi connectivity index (χ1v) is 7.57. The number of hydrogen-bond acceptors (Lipinski definition) is 3. The zero-order chi connectivity index (χ0) is 16.3. The van der Waals surface area contributed by atoms with Gasteiger partial charge in [-0.1, -0.05) is 26.0 Å². The molecule has 2 rings (SSSR count). The first-order chi connectivity index (χ1) is 10.3. The van der Waals surface area contributed by atoms with Crippen LogP contribution in [0.15, 0.2) is 24.3 Å². The molecule has 120 valence electrons. The van der Waals surface area contributed by atoms with E-state index in [1.807, 2.05) is 38.1 Å². The van der Waals surface area contributed by atoms with Crippen LogP contribution in [0.5, 0.6) is 5.75 Å². The van der Waals surface area contributed by atoms with Gasteiger partial charge in [-0.05, 0) is 36.0 Å². The number of nitrogens with two attached hydrogens (primary N) is 1. The van der Waals surface area contributed by atoms with E-state index in [9.17, 15) is 9.59 Å². The number of methoxy groups -OCH3 is 1. The second-order valence-electron chi connectivity index (χ2n) is 6.51. The first kappa shape index (κ1) is 16.3. The molecule has 1 saturated heterocycles. The van der Waals surface area contributed by atoms with E-state index in [2.05, 4.69) is 0 Å². The molecule has 1 aromatic carbocycles. The highest BCUT2D eigenvalue weighted by Crippen LogP contribution is 2.35. The molecular weight excluding hydrogens is 280 g/mol. The van der Waals surface area contributed by atoms with Crippen molar-refractivity contribution in [1.82, 2.24) is 4.90 Å². The maximum atomic E-state index is 12.6. The van der Waals surface area contributed by atoms with Gasteiger partial charge in [0.25, 0.3) is 0 Å². The summed E-state index contributed by atoms with van der Waals surface area (Å²) in [6.45, 7) is 4.58.